The first-order valence-electron chi connectivity index (χ1n) is 8.67. The lowest BCUT2D eigenvalue weighted by molar-refractivity contribution is 0.0691. The molecule has 1 aliphatic heterocycles. The maximum atomic E-state index is 13.0. The van der Waals surface area contributed by atoms with E-state index in [1.165, 1.54) is 22.3 Å². The van der Waals surface area contributed by atoms with Crippen LogP contribution in [0.5, 0.6) is 0 Å². The van der Waals surface area contributed by atoms with Gasteiger partial charge in [0.15, 0.2) is 10.9 Å². The Morgan fingerprint density at radius 1 is 1.18 bits per heavy atom. The van der Waals surface area contributed by atoms with Crippen LogP contribution in [0.15, 0.2) is 34.4 Å². The third-order valence-corrected chi connectivity index (χ3v) is 7.48. The van der Waals surface area contributed by atoms with Gasteiger partial charge in [-0.25, -0.2) is 18.4 Å². The Morgan fingerprint density at radius 3 is 2.46 bits per heavy atom. The minimum atomic E-state index is -3.60. The van der Waals surface area contributed by atoms with E-state index in [9.17, 15) is 13.2 Å². The monoisotopic (exact) mass is 440 g/mol. The van der Waals surface area contributed by atoms with Crippen LogP contribution in [-0.4, -0.2) is 65.9 Å². The minimum absolute atomic E-state index is 0.145. The molecule has 7 nitrogen and oxygen atoms in total. The number of hydrogen-bond donors (Lipinski definition) is 0. The Balaban J connectivity index is 1.74. The summed E-state index contributed by atoms with van der Waals surface area (Å²) in [5, 5.41) is 0.650. The summed E-state index contributed by atoms with van der Waals surface area (Å²) in [6, 6.07) is 5.29. The molecule has 1 aromatic heterocycles. The number of benzene rings is 1. The number of carbonyl (C=O) groups is 1. The van der Waals surface area contributed by atoms with Gasteiger partial charge in [0.05, 0.1) is 16.1 Å². The van der Waals surface area contributed by atoms with Crippen LogP contribution in [-0.2, 0) is 10.0 Å². The van der Waals surface area contributed by atoms with E-state index in [0.29, 0.717) is 10.1 Å². The molecule has 0 radical (unpaired) electrons. The Labute approximate surface area is 174 Å². The van der Waals surface area contributed by atoms with Crippen molar-refractivity contribution in [1.82, 2.24) is 19.2 Å². The van der Waals surface area contributed by atoms with Crippen molar-refractivity contribution in [2.45, 2.75) is 23.9 Å². The second kappa shape index (κ2) is 8.36. The number of amides is 1. The number of hydrogen-bond acceptors (Lipinski definition) is 6. The highest BCUT2D eigenvalue weighted by Crippen LogP contribution is 2.23. The van der Waals surface area contributed by atoms with Crippen LogP contribution in [0.4, 0.5) is 0 Å². The van der Waals surface area contributed by atoms with Gasteiger partial charge in [0.1, 0.15) is 0 Å². The number of carbonyl (C=O) groups excluding carboxylic acids is 1. The fourth-order valence-electron chi connectivity index (χ4n) is 3.11. The largest absolute Gasteiger partial charge is 0.335 e. The molecular formula is C18H21ClN4O3S2. The first kappa shape index (κ1) is 21.0. The highest BCUT2D eigenvalue weighted by molar-refractivity contribution is 7.98. The third kappa shape index (κ3) is 4.17. The highest BCUT2D eigenvalue weighted by atomic mass is 35.5. The van der Waals surface area contributed by atoms with Gasteiger partial charge in [-0.2, -0.15) is 4.31 Å². The summed E-state index contributed by atoms with van der Waals surface area (Å²) in [7, 11) is -3.60. The quantitative estimate of drug-likeness (QED) is 0.536. The van der Waals surface area contributed by atoms with Crippen LogP contribution in [0, 0.1) is 13.8 Å². The van der Waals surface area contributed by atoms with Crippen molar-refractivity contribution >= 4 is 39.3 Å². The average Bonchev–Trinajstić information content (AvgIpc) is 2.67. The molecule has 150 valence electrons. The zero-order valence-corrected chi connectivity index (χ0v) is 18.2. The fraction of sp³-hybridized carbons (Fsp3) is 0.389. The molecule has 0 aliphatic carbocycles. The standard InChI is InChI=1S/C18H21ClN4O3S2/c1-12-4-5-15(13(2)10-12)28(25,26)23-8-6-22(7-9-23)17(24)16-14(19)11-20-18(21-16)27-3/h4-5,10-11H,6-9H2,1-3H3. The van der Waals surface area contributed by atoms with Gasteiger partial charge in [0.25, 0.3) is 5.91 Å². The minimum Gasteiger partial charge on any atom is -0.335 e. The summed E-state index contributed by atoms with van der Waals surface area (Å²) >= 11 is 7.41. The van der Waals surface area contributed by atoms with Gasteiger partial charge in [-0.1, -0.05) is 41.1 Å². The van der Waals surface area contributed by atoms with Crippen LogP contribution in [0.25, 0.3) is 0 Å². The first-order chi connectivity index (χ1) is 13.2. The molecule has 0 spiro atoms. The van der Waals surface area contributed by atoms with Crippen molar-refractivity contribution in [3.8, 4) is 0 Å². The molecule has 28 heavy (non-hydrogen) atoms. The predicted octanol–water partition coefficient (Wildman–Crippen LogP) is 2.62. The molecule has 2 aromatic rings. The number of halogens is 1. The number of aromatic nitrogens is 2. The molecule has 0 atom stereocenters. The van der Waals surface area contributed by atoms with Gasteiger partial charge in [0, 0.05) is 26.2 Å². The van der Waals surface area contributed by atoms with E-state index in [-0.39, 0.29) is 42.8 Å². The van der Waals surface area contributed by atoms with Crippen LogP contribution in [0.1, 0.15) is 21.6 Å². The van der Waals surface area contributed by atoms with Crippen LogP contribution in [0.2, 0.25) is 5.02 Å². The van der Waals surface area contributed by atoms with Gasteiger partial charge in [-0.05, 0) is 31.7 Å². The van der Waals surface area contributed by atoms with E-state index in [1.807, 2.05) is 19.2 Å². The molecule has 0 saturated carbocycles. The molecule has 10 heteroatoms. The molecule has 1 saturated heterocycles. The number of nitrogens with zero attached hydrogens (tertiary/aromatic N) is 4. The molecule has 1 aliphatic rings. The maximum Gasteiger partial charge on any atom is 0.274 e. The Kier molecular flexibility index (Phi) is 6.28. The van der Waals surface area contributed by atoms with Crippen molar-refractivity contribution < 1.29 is 13.2 Å². The zero-order chi connectivity index (χ0) is 20.5. The highest BCUT2D eigenvalue weighted by Gasteiger charge is 2.32. The van der Waals surface area contributed by atoms with Crippen LogP contribution < -0.4 is 0 Å². The van der Waals surface area contributed by atoms with E-state index in [2.05, 4.69) is 9.97 Å². The molecule has 0 unspecified atom stereocenters. The maximum absolute atomic E-state index is 13.0. The smallest absolute Gasteiger partial charge is 0.274 e. The summed E-state index contributed by atoms with van der Waals surface area (Å²) in [5.41, 5.74) is 1.88. The first-order valence-corrected chi connectivity index (χ1v) is 11.7. The van der Waals surface area contributed by atoms with E-state index in [1.54, 1.807) is 24.0 Å². The summed E-state index contributed by atoms with van der Waals surface area (Å²) in [6.07, 6.45) is 3.22. The van der Waals surface area contributed by atoms with E-state index >= 15 is 0 Å². The number of thioether (sulfide) groups is 1. The Hall–Kier alpha value is -1.68. The molecule has 1 amide bonds. The summed E-state index contributed by atoms with van der Waals surface area (Å²) < 4.78 is 27.4. The van der Waals surface area contributed by atoms with E-state index in [4.69, 9.17) is 11.6 Å². The lowest BCUT2D eigenvalue weighted by Gasteiger charge is -2.34. The SMILES string of the molecule is CSc1ncc(Cl)c(C(=O)N2CCN(S(=O)(=O)c3ccc(C)cc3C)CC2)n1. The summed E-state index contributed by atoms with van der Waals surface area (Å²) in [5.74, 6) is -0.314. The van der Waals surface area contributed by atoms with E-state index < -0.39 is 10.0 Å². The normalized spacial score (nSPS) is 15.6. The molecule has 3 rings (SSSR count). The zero-order valence-electron chi connectivity index (χ0n) is 15.8. The average molecular weight is 441 g/mol. The van der Waals surface area contributed by atoms with Crippen LogP contribution >= 0.6 is 23.4 Å². The third-order valence-electron chi connectivity index (χ3n) is 4.58. The predicted molar refractivity (Wildman–Crippen MR) is 109 cm³/mol. The van der Waals surface area contributed by atoms with Crippen molar-refractivity contribution in [2.24, 2.45) is 0 Å². The van der Waals surface area contributed by atoms with Gasteiger partial charge >= 0.3 is 0 Å². The van der Waals surface area contributed by atoms with Gasteiger partial charge in [-0.3, -0.25) is 4.79 Å². The second-order valence-corrected chi connectivity index (χ2v) is 9.61. The Morgan fingerprint density at radius 2 is 1.86 bits per heavy atom. The summed E-state index contributed by atoms with van der Waals surface area (Å²) in [6.45, 7) is 4.71. The van der Waals surface area contributed by atoms with Gasteiger partial charge < -0.3 is 4.90 Å². The number of piperazine rings is 1. The number of aryl methyl sites for hydroxylation is 2. The van der Waals surface area contributed by atoms with Gasteiger partial charge in [0.2, 0.25) is 10.0 Å². The van der Waals surface area contributed by atoms with Gasteiger partial charge in [-0.15, -0.1) is 0 Å². The molecule has 1 aromatic carbocycles. The second-order valence-electron chi connectivity index (χ2n) is 6.52. The van der Waals surface area contributed by atoms with E-state index in [0.717, 1.165) is 11.1 Å². The molecule has 0 N–H and O–H groups in total. The number of rotatable bonds is 4. The fourth-order valence-corrected chi connectivity index (χ4v) is 5.25. The molecular weight excluding hydrogens is 420 g/mol. The van der Waals surface area contributed by atoms with Crippen LogP contribution in [0.3, 0.4) is 0 Å². The van der Waals surface area contributed by atoms with Crippen molar-refractivity contribution in [3.63, 3.8) is 0 Å². The molecule has 2 heterocycles. The van der Waals surface area contributed by atoms with Crippen molar-refractivity contribution in [1.29, 1.82) is 0 Å². The topological polar surface area (TPSA) is 83.5 Å². The lowest BCUT2D eigenvalue weighted by Crippen LogP contribution is -2.50. The van der Waals surface area contributed by atoms with Crippen molar-refractivity contribution in [3.05, 3.63) is 46.2 Å². The lowest BCUT2D eigenvalue weighted by atomic mass is 10.2. The van der Waals surface area contributed by atoms with Crippen molar-refractivity contribution in [2.75, 3.05) is 32.4 Å². The molecule has 1 fully saturated rings. The number of sulfonamides is 1. The molecule has 0 bridgehead atoms. The summed E-state index contributed by atoms with van der Waals surface area (Å²) in [4.78, 5) is 22.9. The Bertz CT molecular complexity index is 1010.